The van der Waals surface area contributed by atoms with Gasteiger partial charge < -0.3 is 9.67 Å². The molecule has 2 rings (SSSR count). The number of aliphatic hydroxyl groups is 1. The van der Waals surface area contributed by atoms with E-state index in [1.807, 2.05) is 29.0 Å². The molecule has 2 atom stereocenters. The lowest BCUT2D eigenvalue weighted by Crippen LogP contribution is -2.10. The molecule has 3 heteroatoms. The number of benzene rings is 1. The summed E-state index contributed by atoms with van der Waals surface area (Å²) in [5.41, 5.74) is 1.26. The number of rotatable bonds is 5. The highest BCUT2D eigenvalue weighted by Crippen LogP contribution is 2.26. The Labute approximate surface area is 108 Å². The van der Waals surface area contributed by atoms with Gasteiger partial charge in [0.2, 0.25) is 0 Å². The van der Waals surface area contributed by atoms with Gasteiger partial charge in [-0.15, -0.1) is 0 Å². The molecular weight excluding hydrogens is 224 g/mol. The first-order chi connectivity index (χ1) is 8.72. The Balaban J connectivity index is 2.06. The van der Waals surface area contributed by atoms with Crippen LogP contribution >= 0.6 is 0 Å². The van der Waals surface area contributed by atoms with Gasteiger partial charge in [0.25, 0.3) is 0 Å². The van der Waals surface area contributed by atoms with Crippen molar-refractivity contribution in [2.75, 3.05) is 0 Å². The van der Waals surface area contributed by atoms with Crippen molar-refractivity contribution in [1.29, 1.82) is 0 Å². The van der Waals surface area contributed by atoms with Crippen LogP contribution in [0.2, 0.25) is 0 Å². The van der Waals surface area contributed by atoms with Gasteiger partial charge in [-0.3, -0.25) is 0 Å². The largest absolute Gasteiger partial charge is 0.385 e. The van der Waals surface area contributed by atoms with Crippen LogP contribution in [-0.2, 0) is 6.54 Å². The lowest BCUT2D eigenvalue weighted by molar-refractivity contribution is 0.146. The van der Waals surface area contributed by atoms with Gasteiger partial charge in [0.1, 0.15) is 11.9 Å². The lowest BCUT2D eigenvalue weighted by atomic mass is 9.95. The smallest absolute Gasteiger partial charge is 0.137 e. The Hall–Kier alpha value is -1.61. The van der Waals surface area contributed by atoms with Crippen LogP contribution in [0.15, 0.2) is 42.7 Å². The summed E-state index contributed by atoms with van der Waals surface area (Å²) in [6.45, 7) is 5.03. The van der Waals surface area contributed by atoms with E-state index in [4.69, 9.17) is 0 Å². The summed E-state index contributed by atoms with van der Waals surface area (Å²) in [6, 6.07) is 10.3. The van der Waals surface area contributed by atoms with Crippen LogP contribution < -0.4 is 0 Å². The molecule has 0 radical (unpaired) electrons. The van der Waals surface area contributed by atoms with Gasteiger partial charge in [-0.25, -0.2) is 4.98 Å². The molecule has 2 unspecified atom stereocenters. The van der Waals surface area contributed by atoms with E-state index in [0.29, 0.717) is 12.3 Å². The number of nitrogens with zero attached hydrogens (tertiary/aromatic N) is 2. The number of hydrogen-bond donors (Lipinski definition) is 1. The summed E-state index contributed by atoms with van der Waals surface area (Å²) in [5.74, 6) is 1.09. The monoisotopic (exact) mass is 244 g/mol. The van der Waals surface area contributed by atoms with Gasteiger partial charge in [0.15, 0.2) is 0 Å². The zero-order valence-electron chi connectivity index (χ0n) is 11.0. The maximum Gasteiger partial charge on any atom is 0.137 e. The second kappa shape index (κ2) is 5.83. The fourth-order valence-electron chi connectivity index (χ4n) is 2.24. The maximum absolute atomic E-state index is 10.3. The summed E-state index contributed by atoms with van der Waals surface area (Å²) in [4.78, 5) is 4.25. The van der Waals surface area contributed by atoms with Crippen LogP contribution in [0.25, 0.3) is 0 Å². The van der Waals surface area contributed by atoms with Crippen molar-refractivity contribution in [2.45, 2.75) is 38.8 Å². The highest BCUT2D eigenvalue weighted by molar-refractivity contribution is 5.19. The van der Waals surface area contributed by atoms with Gasteiger partial charge in [0.05, 0.1) is 0 Å². The summed E-state index contributed by atoms with van der Waals surface area (Å²) in [6.07, 6.45) is 3.84. The minimum absolute atomic E-state index is 0.322. The van der Waals surface area contributed by atoms with E-state index in [1.165, 1.54) is 5.56 Å². The van der Waals surface area contributed by atoms with Crippen LogP contribution in [0.3, 0.4) is 0 Å². The fraction of sp³-hybridized carbons (Fsp3) is 0.400. The first-order valence-electron chi connectivity index (χ1n) is 6.46. The van der Waals surface area contributed by atoms with Crippen molar-refractivity contribution in [3.8, 4) is 0 Å². The second-order valence-electron chi connectivity index (χ2n) is 4.63. The molecule has 96 valence electrons. The predicted molar refractivity (Wildman–Crippen MR) is 72.3 cm³/mol. The molecule has 2 aromatic rings. The molecule has 0 saturated carbocycles. The van der Waals surface area contributed by atoms with Crippen LogP contribution in [0.5, 0.6) is 0 Å². The van der Waals surface area contributed by atoms with Crippen molar-refractivity contribution >= 4 is 0 Å². The molecule has 0 bridgehead atoms. The zero-order valence-corrected chi connectivity index (χ0v) is 11.0. The Morgan fingerprint density at radius 3 is 2.67 bits per heavy atom. The number of imidazole rings is 1. The van der Waals surface area contributed by atoms with Gasteiger partial charge in [0, 0.05) is 18.9 Å². The molecule has 1 heterocycles. The average molecular weight is 244 g/mol. The molecule has 1 N–H and O–H groups in total. The summed E-state index contributed by atoms with van der Waals surface area (Å²) in [7, 11) is 0. The van der Waals surface area contributed by atoms with E-state index in [9.17, 15) is 5.11 Å². The van der Waals surface area contributed by atoms with Crippen molar-refractivity contribution in [2.24, 2.45) is 0 Å². The van der Waals surface area contributed by atoms with E-state index >= 15 is 0 Å². The number of aliphatic hydroxyl groups excluding tert-OH is 1. The van der Waals surface area contributed by atoms with Gasteiger partial charge in [-0.2, -0.15) is 0 Å². The third-order valence-corrected chi connectivity index (χ3v) is 3.33. The van der Waals surface area contributed by atoms with E-state index in [-0.39, 0.29) is 0 Å². The Bertz CT molecular complexity index is 478. The van der Waals surface area contributed by atoms with E-state index in [1.54, 1.807) is 6.20 Å². The third kappa shape index (κ3) is 2.79. The van der Waals surface area contributed by atoms with E-state index in [0.717, 1.165) is 12.4 Å². The molecule has 0 aliphatic heterocycles. The van der Waals surface area contributed by atoms with Crippen LogP contribution in [-0.4, -0.2) is 14.7 Å². The standard InChI is InChI=1S/C15H20N2O/c1-3-17-10-9-16-15(17)14(18)11-12(2)13-7-5-4-6-8-13/h4-10,12,14,18H,3,11H2,1-2H3. The normalized spacial score (nSPS) is 14.4. The highest BCUT2D eigenvalue weighted by atomic mass is 16.3. The van der Waals surface area contributed by atoms with Crippen LogP contribution in [0.1, 0.15) is 43.7 Å². The molecule has 0 fully saturated rings. The Kier molecular flexibility index (Phi) is 4.15. The number of hydrogen-bond acceptors (Lipinski definition) is 2. The molecule has 0 saturated heterocycles. The zero-order chi connectivity index (χ0) is 13.0. The molecule has 0 aliphatic rings. The first-order valence-corrected chi connectivity index (χ1v) is 6.46. The predicted octanol–water partition coefficient (Wildman–Crippen LogP) is 3.13. The Morgan fingerprint density at radius 1 is 1.28 bits per heavy atom. The quantitative estimate of drug-likeness (QED) is 0.877. The van der Waals surface area contributed by atoms with Crippen LogP contribution in [0, 0.1) is 0 Å². The topological polar surface area (TPSA) is 38.0 Å². The Morgan fingerprint density at radius 2 is 2.00 bits per heavy atom. The maximum atomic E-state index is 10.3. The van der Waals surface area contributed by atoms with Gasteiger partial charge in [-0.1, -0.05) is 37.3 Å². The van der Waals surface area contributed by atoms with Crippen molar-refractivity contribution in [3.05, 3.63) is 54.1 Å². The number of aryl methyl sites for hydroxylation is 1. The van der Waals surface area contributed by atoms with E-state index < -0.39 is 6.10 Å². The molecule has 0 aliphatic carbocycles. The number of aromatic nitrogens is 2. The van der Waals surface area contributed by atoms with Crippen molar-refractivity contribution < 1.29 is 5.11 Å². The summed E-state index contributed by atoms with van der Waals surface area (Å²) < 4.78 is 1.99. The highest BCUT2D eigenvalue weighted by Gasteiger charge is 2.17. The molecule has 0 amide bonds. The van der Waals surface area contributed by atoms with Crippen molar-refractivity contribution in [3.63, 3.8) is 0 Å². The minimum Gasteiger partial charge on any atom is -0.385 e. The summed E-state index contributed by atoms with van der Waals surface area (Å²) >= 11 is 0. The van der Waals surface area contributed by atoms with E-state index in [2.05, 4.69) is 31.0 Å². The summed E-state index contributed by atoms with van der Waals surface area (Å²) in [5, 5.41) is 10.3. The van der Waals surface area contributed by atoms with Gasteiger partial charge >= 0.3 is 0 Å². The van der Waals surface area contributed by atoms with Crippen LogP contribution in [0.4, 0.5) is 0 Å². The molecule has 1 aromatic heterocycles. The average Bonchev–Trinajstić information content (AvgIpc) is 2.88. The lowest BCUT2D eigenvalue weighted by Gasteiger charge is -2.17. The fourth-order valence-corrected chi connectivity index (χ4v) is 2.24. The molecule has 1 aromatic carbocycles. The molecule has 0 spiro atoms. The minimum atomic E-state index is -0.504. The second-order valence-corrected chi connectivity index (χ2v) is 4.63. The van der Waals surface area contributed by atoms with Crippen molar-refractivity contribution in [1.82, 2.24) is 9.55 Å². The third-order valence-electron chi connectivity index (χ3n) is 3.33. The molecular formula is C15H20N2O. The first kappa shape index (κ1) is 12.8. The van der Waals surface area contributed by atoms with Gasteiger partial charge in [-0.05, 0) is 24.8 Å². The molecule has 3 nitrogen and oxygen atoms in total. The SMILES string of the molecule is CCn1ccnc1C(O)CC(C)c1ccccc1. The molecule has 18 heavy (non-hydrogen) atoms.